The van der Waals surface area contributed by atoms with Gasteiger partial charge in [-0.2, -0.15) is 0 Å². The number of aryl methyl sites for hydroxylation is 1. The molecule has 1 N–H and O–H groups in total. The van der Waals surface area contributed by atoms with Gasteiger partial charge in [-0.15, -0.1) is 11.3 Å². The van der Waals surface area contributed by atoms with Gasteiger partial charge in [0.15, 0.2) is 5.13 Å². The Morgan fingerprint density at radius 3 is 2.29 bits per heavy atom. The Balaban J connectivity index is 0.00000169. The number of nitrogens with zero attached hydrogens (tertiary/aromatic N) is 1. The number of aromatic nitrogens is 1. The first-order valence-corrected chi connectivity index (χ1v) is 5.38. The van der Waals surface area contributed by atoms with Crippen molar-refractivity contribution in [1.29, 1.82) is 0 Å². The van der Waals surface area contributed by atoms with Gasteiger partial charge in [0.1, 0.15) is 0 Å². The normalized spacial score (nSPS) is 10.9. The minimum absolute atomic E-state index is 0. The smallest absolute Gasteiger partial charge is 0.182 e. The molecule has 2 nitrogen and oxygen atoms in total. The summed E-state index contributed by atoms with van der Waals surface area (Å²) in [5.74, 6) is 0. The van der Waals surface area contributed by atoms with Crippen LogP contribution in [0.3, 0.4) is 0 Å². The highest BCUT2D eigenvalue weighted by atomic mass is 32.1. The molecule has 0 radical (unpaired) electrons. The van der Waals surface area contributed by atoms with Crippen LogP contribution in [-0.4, -0.2) is 12.0 Å². The molecule has 1 rings (SSSR count). The summed E-state index contributed by atoms with van der Waals surface area (Å²) < 4.78 is 0. The molecule has 0 atom stereocenters. The van der Waals surface area contributed by atoms with E-state index < -0.39 is 0 Å². The van der Waals surface area contributed by atoms with Gasteiger partial charge < -0.3 is 5.32 Å². The Kier molecular flexibility index (Phi) is 4.59. The SMILES string of the molecule is C.CNc1nc(C)c(CC(C)(C)C)s1. The number of thiazole rings is 1. The zero-order chi connectivity index (χ0) is 10.1. The van der Waals surface area contributed by atoms with Gasteiger partial charge in [0.05, 0.1) is 5.69 Å². The van der Waals surface area contributed by atoms with E-state index in [1.165, 1.54) is 10.6 Å². The molecule has 1 aromatic heterocycles. The predicted octanol–water partition coefficient (Wildman–Crippen LogP) is 3.72. The van der Waals surface area contributed by atoms with Gasteiger partial charge in [0.25, 0.3) is 0 Å². The predicted molar refractivity (Wildman–Crippen MR) is 66.3 cm³/mol. The van der Waals surface area contributed by atoms with Crippen molar-refractivity contribution in [3.05, 3.63) is 10.6 Å². The Bertz CT molecular complexity index is 284. The molecular weight excluding hydrogens is 192 g/mol. The monoisotopic (exact) mass is 214 g/mol. The average Bonchev–Trinajstić information content (AvgIpc) is 2.29. The number of anilines is 1. The van der Waals surface area contributed by atoms with Crippen molar-refractivity contribution < 1.29 is 0 Å². The van der Waals surface area contributed by atoms with E-state index in [1.54, 1.807) is 11.3 Å². The molecule has 1 aromatic rings. The molecule has 0 spiro atoms. The summed E-state index contributed by atoms with van der Waals surface area (Å²) in [7, 11) is 1.92. The number of rotatable bonds is 2. The lowest BCUT2D eigenvalue weighted by atomic mass is 9.91. The first-order valence-electron chi connectivity index (χ1n) is 4.56. The molecule has 3 heteroatoms. The summed E-state index contributed by atoms with van der Waals surface area (Å²) in [6, 6.07) is 0. The third-order valence-electron chi connectivity index (χ3n) is 1.80. The lowest BCUT2D eigenvalue weighted by Gasteiger charge is -2.16. The highest BCUT2D eigenvalue weighted by Crippen LogP contribution is 2.29. The number of nitrogens with one attached hydrogen (secondary N) is 1. The molecule has 0 saturated carbocycles. The summed E-state index contributed by atoms with van der Waals surface area (Å²) in [5.41, 5.74) is 1.52. The van der Waals surface area contributed by atoms with Crippen LogP contribution >= 0.6 is 11.3 Å². The second-order valence-corrected chi connectivity index (χ2v) is 5.60. The molecule has 0 saturated heterocycles. The van der Waals surface area contributed by atoms with Crippen molar-refractivity contribution in [3.8, 4) is 0 Å². The quantitative estimate of drug-likeness (QED) is 0.811. The third kappa shape index (κ3) is 3.66. The first-order chi connectivity index (χ1) is 5.92. The van der Waals surface area contributed by atoms with Crippen molar-refractivity contribution in [2.45, 2.75) is 41.5 Å². The van der Waals surface area contributed by atoms with E-state index in [-0.39, 0.29) is 7.43 Å². The lowest BCUT2D eigenvalue weighted by molar-refractivity contribution is 0.413. The van der Waals surface area contributed by atoms with Crippen molar-refractivity contribution in [2.75, 3.05) is 12.4 Å². The first kappa shape index (κ1) is 13.4. The lowest BCUT2D eigenvalue weighted by Crippen LogP contribution is -2.08. The van der Waals surface area contributed by atoms with Crippen LogP contribution < -0.4 is 5.32 Å². The van der Waals surface area contributed by atoms with Crippen molar-refractivity contribution >= 4 is 16.5 Å². The molecule has 14 heavy (non-hydrogen) atoms. The summed E-state index contributed by atoms with van der Waals surface area (Å²) in [5, 5.41) is 4.11. The Morgan fingerprint density at radius 1 is 1.36 bits per heavy atom. The fourth-order valence-electron chi connectivity index (χ4n) is 1.18. The van der Waals surface area contributed by atoms with Crippen molar-refractivity contribution in [3.63, 3.8) is 0 Å². The third-order valence-corrected chi connectivity index (χ3v) is 2.97. The van der Waals surface area contributed by atoms with Crippen LogP contribution in [0, 0.1) is 12.3 Å². The summed E-state index contributed by atoms with van der Waals surface area (Å²) in [6.45, 7) is 8.85. The van der Waals surface area contributed by atoms with Gasteiger partial charge in [-0.25, -0.2) is 4.98 Å². The molecular formula is C11H22N2S. The minimum Gasteiger partial charge on any atom is -0.365 e. The van der Waals surface area contributed by atoms with E-state index in [0.717, 1.165) is 11.6 Å². The van der Waals surface area contributed by atoms with Gasteiger partial charge in [0, 0.05) is 11.9 Å². The minimum atomic E-state index is 0. The second kappa shape index (κ2) is 4.78. The maximum absolute atomic E-state index is 4.42. The van der Waals surface area contributed by atoms with E-state index in [4.69, 9.17) is 0 Å². The van der Waals surface area contributed by atoms with Gasteiger partial charge in [-0.3, -0.25) is 0 Å². The molecule has 0 fully saturated rings. The Labute approximate surface area is 91.8 Å². The van der Waals surface area contributed by atoms with Crippen LogP contribution in [0.25, 0.3) is 0 Å². The summed E-state index contributed by atoms with van der Waals surface area (Å²) in [6.07, 6.45) is 1.11. The fourth-order valence-corrected chi connectivity index (χ4v) is 2.40. The van der Waals surface area contributed by atoms with E-state index in [0.29, 0.717) is 5.41 Å². The molecule has 0 bridgehead atoms. The molecule has 0 aliphatic heterocycles. The molecule has 82 valence electrons. The highest BCUT2D eigenvalue weighted by molar-refractivity contribution is 7.15. The molecule has 0 aliphatic rings. The standard InChI is InChI=1S/C10H18N2S.CH4/c1-7-8(6-10(2,3)4)13-9(11-5)12-7;/h6H2,1-5H3,(H,11,12);1H4. The van der Waals surface area contributed by atoms with Crippen LogP contribution in [0.4, 0.5) is 5.13 Å². The van der Waals surface area contributed by atoms with Crippen LogP contribution in [0.2, 0.25) is 0 Å². The fraction of sp³-hybridized carbons (Fsp3) is 0.727. The van der Waals surface area contributed by atoms with Gasteiger partial charge in [-0.1, -0.05) is 28.2 Å². The van der Waals surface area contributed by atoms with Crippen molar-refractivity contribution in [2.24, 2.45) is 5.41 Å². The molecule has 1 heterocycles. The molecule has 0 aliphatic carbocycles. The average molecular weight is 214 g/mol. The van der Waals surface area contributed by atoms with Crippen LogP contribution in [-0.2, 0) is 6.42 Å². The second-order valence-electron chi connectivity index (χ2n) is 4.52. The maximum atomic E-state index is 4.42. The number of hydrogen-bond acceptors (Lipinski definition) is 3. The molecule has 0 aromatic carbocycles. The van der Waals surface area contributed by atoms with Gasteiger partial charge in [0.2, 0.25) is 0 Å². The van der Waals surface area contributed by atoms with Crippen molar-refractivity contribution in [1.82, 2.24) is 4.98 Å². The van der Waals surface area contributed by atoms with Crippen LogP contribution in [0.1, 0.15) is 38.8 Å². The zero-order valence-corrected chi connectivity index (χ0v) is 9.88. The number of hydrogen-bond donors (Lipinski definition) is 1. The highest BCUT2D eigenvalue weighted by Gasteiger charge is 2.15. The van der Waals surface area contributed by atoms with E-state index in [1.807, 2.05) is 7.05 Å². The Morgan fingerprint density at radius 2 is 1.93 bits per heavy atom. The maximum Gasteiger partial charge on any atom is 0.182 e. The molecule has 0 unspecified atom stereocenters. The van der Waals surface area contributed by atoms with Crippen LogP contribution in [0.5, 0.6) is 0 Å². The Hall–Kier alpha value is -0.570. The topological polar surface area (TPSA) is 24.9 Å². The molecule has 0 amide bonds. The van der Waals surface area contributed by atoms with E-state index in [9.17, 15) is 0 Å². The van der Waals surface area contributed by atoms with Gasteiger partial charge in [-0.05, 0) is 18.8 Å². The van der Waals surface area contributed by atoms with Crippen LogP contribution in [0.15, 0.2) is 0 Å². The summed E-state index contributed by atoms with van der Waals surface area (Å²) in [4.78, 5) is 5.82. The largest absolute Gasteiger partial charge is 0.365 e. The van der Waals surface area contributed by atoms with E-state index in [2.05, 4.69) is 38.0 Å². The summed E-state index contributed by atoms with van der Waals surface area (Å²) >= 11 is 1.76. The van der Waals surface area contributed by atoms with E-state index >= 15 is 0 Å². The zero-order valence-electron chi connectivity index (χ0n) is 9.06. The van der Waals surface area contributed by atoms with Gasteiger partial charge >= 0.3 is 0 Å².